The predicted octanol–water partition coefficient (Wildman–Crippen LogP) is 28.0. The molecule has 0 aliphatic carbocycles. The van der Waals surface area contributed by atoms with Gasteiger partial charge in [-0.05, 0) is 155 Å². The lowest BCUT2D eigenvalue weighted by Gasteiger charge is -2.17. The van der Waals surface area contributed by atoms with Gasteiger partial charge in [-0.1, -0.05) is 328 Å². The summed E-state index contributed by atoms with van der Waals surface area (Å²) < 4.78 is 4.90. The Morgan fingerprint density at radius 2 is 0.482 bits per heavy atom. The number of benzene rings is 18. The van der Waals surface area contributed by atoms with Crippen LogP contribution in [0.1, 0.15) is 0 Å². The van der Waals surface area contributed by atoms with E-state index >= 15 is 0 Å². The molecule has 0 aliphatic rings. The molecule has 0 N–H and O–H groups in total. The summed E-state index contributed by atoms with van der Waals surface area (Å²) in [7, 11) is 0. The fourth-order valence-electron chi connectivity index (χ4n) is 17.2. The molecule has 22 rings (SSSR count). The maximum absolute atomic E-state index is 5.52. The second-order valence-electron chi connectivity index (χ2n) is 28.4. The highest BCUT2D eigenvalue weighted by Gasteiger charge is 2.26. The van der Waals surface area contributed by atoms with Crippen LogP contribution >= 0.6 is 0 Å². The van der Waals surface area contributed by atoms with Crippen LogP contribution < -0.4 is 0 Å². The van der Waals surface area contributed by atoms with Crippen molar-refractivity contribution >= 4 is 108 Å². The van der Waals surface area contributed by atoms with Crippen LogP contribution in [-0.4, -0.2) is 24.1 Å². The smallest absolute Gasteiger partial charge is 0.160 e. The number of rotatable bonds is 10. The molecule has 0 fully saturated rings. The van der Waals surface area contributed by atoms with E-state index in [0.717, 1.165) is 89.6 Å². The van der Waals surface area contributed by atoms with Crippen molar-refractivity contribution in [3.8, 4) is 101 Å². The fraction of sp³-hybridized carbons (Fsp3) is 0. The topological polar surface area (TPSA) is 48.5 Å². The summed E-state index contributed by atoms with van der Waals surface area (Å²) in [6, 6.07) is 146. The molecule has 0 saturated heterocycles. The molecule has 0 saturated carbocycles. The molecule has 18 aromatic carbocycles. The van der Waals surface area contributed by atoms with Gasteiger partial charge in [0.2, 0.25) is 0 Å². The zero-order valence-electron chi connectivity index (χ0n) is 59.9. The Morgan fingerprint density at radius 3 is 0.955 bits per heavy atom. The lowest BCUT2D eigenvalue weighted by Crippen LogP contribution is -1.97. The largest absolute Gasteiger partial charge is 0.309 e. The van der Waals surface area contributed by atoms with Gasteiger partial charge in [0, 0.05) is 82.3 Å². The maximum atomic E-state index is 5.52. The van der Waals surface area contributed by atoms with Crippen molar-refractivity contribution in [3.63, 3.8) is 0 Å². The average Bonchev–Trinajstić information content (AvgIpc) is 1.45. The van der Waals surface area contributed by atoms with E-state index in [4.69, 9.17) is 15.0 Å². The molecule has 0 amide bonds. The normalized spacial score (nSPS) is 11.6. The zero-order chi connectivity index (χ0) is 72.6. The van der Waals surface area contributed by atoms with Gasteiger partial charge >= 0.3 is 0 Å². The molecule has 512 valence electrons. The van der Waals surface area contributed by atoms with Gasteiger partial charge in [0.1, 0.15) is 0 Å². The van der Waals surface area contributed by atoms with Gasteiger partial charge in [0.25, 0.3) is 0 Å². The molecule has 5 heteroatoms. The molecule has 4 heterocycles. The first-order valence-corrected chi connectivity index (χ1v) is 37.6. The van der Waals surface area contributed by atoms with E-state index < -0.39 is 0 Å². The van der Waals surface area contributed by atoms with Crippen molar-refractivity contribution in [1.29, 1.82) is 0 Å². The standard InChI is InChI=1S/C53H34N2.C52H33N3/c1-4-17-35(18-5-1)37-21-16-22-38(31-37)48-32-39(36-19-6-2-7-20-36)33-49(54-48)46-34-47-42-26-11-13-28-44(42)53-52(51(47)43-27-12-10-25-41(43)46)45-29-14-15-30-50(45)55(53)40-23-8-3-9-24-40;1-4-17-34(18-5-1)36-21-16-22-37(31-36)52-53-46(35-19-6-2-7-20-35)33-47(54-52)44-32-45-40-26-11-13-28-42(40)51-50(49(45)41-27-12-10-25-39(41)44)43-29-14-15-30-48(43)55(51)38-23-8-3-9-24-38/h1-34H;1-33H. The Morgan fingerprint density at radius 1 is 0.164 bits per heavy atom. The van der Waals surface area contributed by atoms with E-state index in [1.807, 2.05) is 6.07 Å². The molecular weight excluding hydrogens is 1330 g/mol. The van der Waals surface area contributed by atoms with E-state index in [2.05, 4.69) is 410 Å². The number of pyridine rings is 1. The van der Waals surface area contributed by atoms with Crippen molar-refractivity contribution in [2.24, 2.45) is 0 Å². The summed E-state index contributed by atoms with van der Waals surface area (Å²) in [6.07, 6.45) is 0. The summed E-state index contributed by atoms with van der Waals surface area (Å²) in [5.74, 6) is 0.699. The maximum Gasteiger partial charge on any atom is 0.160 e. The molecule has 0 radical (unpaired) electrons. The van der Waals surface area contributed by atoms with Crippen LogP contribution in [-0.2, 0) is 0 Å². The summed E-state index contributed by atoms with van der Waals surface area (Å²) >= 11 is 0. The minimum Gasteiger partial charge on any atom is -0.309 e. The zero-order valence-corrected chi connectivity index (χ0v) is 59.9. The predicted molar refractivity (Wildman–Crippen MR) is 463 cm³/mol. The van der Waals surface area contributed by atoms with Crippen LogP contribution in [0.3, 0.4) is 0 Å². The Balaban J connectivity index is 0.000000140. The molecule has 0 atom stereocenters. The molecular formula is C105H67N5. The van der Waals surface area contributed by atoms with Gasteiger partial charge < -0.3 is 9.13 Å². The second-order valence-corrected chi connectivity index (χ2v) is 28.4. The Bertz CT molecular complexity index is 6910. The molecule has 0 aliphatic heterocycles. The first-order chi connectivity index (χ1) is 54.6. The molecule has 0 unspecified atom stereocenters. The van der Waals surface area contributed by atoms with Gasteiger partial charge in [-0.2, -0.15) is 0 Å². The summed E-state index contributed by atoms with van der Waals surface area (Å²) in [5, 5.41) is 19.7. The number of fused-ring (bicyclic) bond motifs is 20. The lowest BCUT2D eigenvalue weighted by atomic mass is 9.89. The average molecular weight is 1400 g/mol. The van der Waals surface area contributed by atoms with Crippen LogP contribution in [0.15, 0.2) is 406 Å². The van der Waals surface area contributed by atoms with Crippen LogP contribution in [0, 0.1) is 0 Å². The molecule has 0 spiro atoms. The van der Waals surface area contributed by atoms with Crippen molar-refractivity contribution in [2.45, 2.75) is 0 Å². The third-order valence-electron chi connectivity index (χ3n) is 22.1. The van der Waals surface area contributed by atoms with E-state index in [1.165, 1.54) is 114 Å². The first-order valence-electron chi connectivity index (χ1n) is 37.6. The molecule has 0 bridgehead atoms. The molecule has 5 nitrogen and oxygen atoms in total. The lowest BCUT2D eigenvalue weighted by molar-refractivity contribution is 1.19. The molecule has 4 aromatic heterocycles. The van der Waals surface area contributed by atoms with Crippen molar-refractivity contribution < 1.29 is 0 Å². The number of aromatic nitrogens is 5. The van der Waals surface area contributed by atoms with Crippen LogP contribution in [0.25, 0.3) is 209 Å². The first kappa shape index (κ1) is 63.8. The van der Waals surface area contributed by atoms with Gasteiger partial charge in [0.05, 0.1) is 44.8 Å². The van der Waals surface area contributed by atoms with E-state index in [0.29, 0.717) is 5.82 Å². The third-order valence-corrected chi connectivity index (χ3v) is 22.1. The van der Waals surface area contributed by atoms with Crippen molar-refractivity contribution in [3.05, 3.63) is 406 Å². The summed E-state index contributed by atoms with van der Waals surface area (Å²) in [5.41, 5.74) is 23.1. The number of hydrogen-bond donors (Lipinski definition) is 0. The van der Waals surface area contributed by atoms with Crippen molar-refractivity contribution in [2.75, 3.05) is 0 Å². The van der Waals surface area contributed by atoms with E-state index in [9.17, 15) is 0 Å². The molecule has 22 aromatic rings. The van der Waals surface area contributed by atoms with Crippen LogP contribution in [0.4, 0.5) is 0 Å². The highest BCUT2D eigenvalue weighted by atomic mass is 15.0. The van der Waals surface area contributed by atoms with Gasteiger partial charge in [0.15, 0.2) is 5.82 Å². The second kappa shape index (κ2) is 26.7. The van der Waals surface area contributed by atoms with Gasteiger partial charge in [-0.15, -0.1) is 0 Å². The Labute approximate surface area is 635 Å². The van der Waals surface area contributed by atoms with E-state index in [-0.39, 0.29) is 0 Å². The summed E-state index contributed by atoms with van der Waals surface area (Å²) in [4.78, 5) is 16.2. The minimum atomic E-state index is 0.699. The molecule has 110 heavy (non-hydrogen) atoms. The summed E-state index contributed by atoms with van der Waals surface area (Å²) in [6.45, 7) is 0. The van der Waals surface area contributed by atoms with Crippen LogP contribution in [0.2, 0.25) is 0 Å². The quantitative estimate of drug-likeness (QED) is 0.128. The van der Waals surface area contributed by atoms with E-state index in [1.54, 1.807) is 0 Å². The number of nitrogens with zero attached hydrogens (tertiary/aromatic N) is 5. The van der Waals surface area contributed by atoms with Crippen LogP contribution in [0.5, 0.6) is 0 Å². The van der Waals surface area contributed by atoms with Gasteiger partial charge in [-0.3, -0.25) is 0 Å². The minimum absolute atomic E-state index is 0.699. The highest BCUT2D eigenvalue weighted by Crippen LogP contribution is 2.50. The number of hydrogen-bond acceptors (Lipinski definition) is 3. The Kier molecular flexibility index (Phi) is 15.5. The highest BCUT2D eigenvalue weighted by molar-refractivity contribution is 6.39. The van der Waals surface area contributed by atoms with Crippen molar-refractivity contribution in [1.82, 2.24) is 24.1 Å². The monoisotopic (exact) mass is 1400 g/mol. The SMILES string of the molecule is c1ccc(-c2cccc(-c3cc(-c4ccccc4)cc(-c4cc5c6ccccc6c6c(c7ccccc7n6-c6ccccc6)c5c5ccccc45)n3)c2)cc1.c1ccc(-c2cccc(-c3nc(-c4ccccc4)cc(-c4cc5c6ccccc6c6c(c7ccccc7n6-c6ccccc6)c5c5ccccc45)n3)c2)cc1. The fourth-order valence-corrected chi connectivity index (χ4v) is 17.2. The Hall–Kier alpha value is -14.7. The third kappa shape index (κ3) is 10.8. The van der Waals surface area contributed by atoms with Gasteiger partial charge in [-0.25, -0.2) is 15.0 Å². The number of para-hydroxylation sites is 4.